The summed E-state index contributed by atoms with van der Waals surface area (Å²) >= 11 is 0. The summed E-state index contributed by atoms with van der Waals surface area (Å²) in [6.07, 6.45) is 5.34. The molecule has 0 aromatic rings. The first-order chi connectivity index (χ1) is 8.69. The minimum Gasteiger partial charge on any atom is -0.375 e. The van der Waals surface area contributed by atoms with E-state index in [2.05, 4.69) is 28.7 Å². The van der Waals surface area contributed by atoms with Crippen molar-refractivity contribution in [1.82, 2.24) is 15.1 Å². The van der Waals surface area contributed by atoms with Crippen molar-refractivity contribution in [2.24, 2.45) is 11.3 Å². The highest BCUT2D eigenvalue weighted by Gasteiger charge is 2.40. The van der Waals surface area contributed by atoms with Gasteiger partial charge in [0, 0.05) is 37.8 Å². The molecule has 0 saturated carbocycles. The Kier molecular flexibility index (Phi) is 3.37. The van der Waals surface area contributed by atoms with E-state index in [1.807, 2.05) is 0 Å². The molecule has 3 nitrogen and oxygen atoms in total. The summed E-state index contributed by atoms with van der Waals surface area (Å²) in [6, 6.07) is 0. The third kappa shape index (κ3) is 2.30. The number of nitrogens with zero attached hydrogens (tertiary/aromatic N) is 2. The minimum atomic E-state index is 0.656. The smallest absolute Gasteiger partial charge is 0.0181 e. The highest BCUT2D eigenvalue weighted by molar-refractivity contribution is 5.06. The summed E-state index contributed by atoms with van der Waals surface area (Å²) in [4.78, 5) is 5.02. The van der Waals surface area contributed by atoms with E-state index in [1.165, 1.54) is 70.6 Å². The first-order valence-electron chi connectivity index (χ1n) is 7.52. The summed E-state index contributed by atoms with van der Waals surface area (Å²) < 4.78 is 0. The van der Waals surface area contributed by atoms with Gasteiger partial charge in [0.1, 0.15) is 0 Å². The fraction of sp³-hybridized carbons (Fsp3) is 0.867. The number of rotatable bonds is 2. The molecule has 0 amide bonds. The maximum atomic E-state index is 4.41. The molecule has 3 saturated heterocycles. The second-order valence-electron chi connectivity index (χ2n) is 6.66. The van der Waals surface area contributed by atoms with Crippen LogP contribution < -0.4 is 5.32 Å². The Balaban J connectivity index is 1.51. The van der Waals surface area contributed by atoms with Gasteiger partial charge in [0.2, 0.25) is 0 Å². The first kappa shape index (κ1) is 12.5. The van der Waals surface area contributed by atoms with Gasteiger partial charge in [-0.05, 0) is 51.2 Å². The van der Waals surface area contributed by atoms with Gasteiger partial charge in [0.25, 0.3) is 0 Å². The van der Waals surface area contributed by atoms with Crippen molar-refractivity contribution in [1.29, 1.82) is 0 Å². The number of nitrogens with one attached hydrogen (secondary N) is 1. The molecule has 102 valence electrons. The van der Waals surface area contributed by atoms with Crippen molar-refractivity contribution in [3.63, 3.8) is 0 Å². The van der Waals surface area contributed by atoms with Crippen LogP contribution in [-0.2, 0) is 0 Å². The van der Waals surface area contributed by atoms with E-state index in [-0.39, 0.29) is 0 Å². The Morgan fingerprint density at radius 1 is 1.11 bits per heavy atom. The van der Waals surface area contributed by atoms with Crippen LogP contribution in [-0.4, -0.2) is 56.1 Å². The molecule has 3 fully saturated rings. The fourth-order valence-electron chi connectivity index (χ4n) is 3.70. The number of hydrogen-bond acceptors (Lipinski definition) is 3. The van der Waals surface area contributed by atoms with E-state index in [0.29, 0.717) is 5.41 Å². The molecule has 0 radical (unpaired) electrons. The SMILES string of the molecule is C=C(C1CCN(C)CC1)N1CCC2(CC1)CNC2. The maximum absolute atomic E-state index is 4.41. The number of allylic oxidation sites excluding steroid dienone is 1. The summed E-state index contributed by atoms with van der Waals surface area (Å²) in [6.45, 7) is 11.9. The second-order valence-corrected chi connectivity index (χ2v) is 6.66. The molecular formula is C15H27N3. The number of hydrogen-bond donors (Lipinski definition) is 1. The molecule has 1 N–H and O–H groups in total. The van der Waals surface area contributed by atoms with E-state index in [4.69, 9.17) is 0 Å². The Morgan fingerprint density at radius 2 is 1.72 bits per heavy atom. The van der Waals surface area contributed by atoms with Gasteiger partial charge < -0.3 is 15.1 Å². The maximum Gasteiger partial charge on any atom is 0.0181 e. The van der Waals surface area contributed by atoms with Crippen molar-refractivity contribution in [3.05, 3.63) is 12.3 Å². The lowest BCUT2D eigenvalue weighted by molar-refractivity contribution is 0.0622. The lowest BCUT2D eigenvalue weighted by Crippen LogP contribution is -2.58. The molecule has 0 bridgehead atoms. The van der Waals surface area contributed by atoms with E-state index in [0.717, 1.165) is 5.92 Å². The molecule has 0 aliphatic carbocycles. The highest BCUT2D eigenvalue weighted by atomic mass is 15.2. The van der Waals surface area contributed by atoms with Gasteiger partial charge in [-0.25, -0.2) is 0 Å². The van der Waals surface area contributed by atoms with Crippen molar-refractivity contribution in [2.45, 2.75) is 25.7 Å². The number of piperidine rings is 2. The second kappa shape index (κ2) is 4.86. The molecule has 0 unspecified atom stereocenters. The Hall–Kier alpha value is -0.540. The molecule has 3 aliphatic rings. The predicted molar refractivity (Wildman–Crippen MR) is 75.5 cm³/mol. The Labute approximate surface area is 111 Å². The van der Waals surface area contributed by atoms with Crippen LogP contribution in [0.5, 0.6) is 0 Å². The third-order valence-corrected chi connectivity index (χ3v) is 5.42. The summed E-state index contributed by atoms with van der Waals surface area (Å²) in [5.74, 6) is 0.745. The zero-order valence-electron chi connectivity index (χ0n) is 11.7. The zero-order chi connectivity index (χ0) is 12.6. The molecule has 0 aromatic heterocycles. The van der Waals surface area contributed by atoms with Gasteiger partial charge in [-0.3, -0.25) is 0 Å². The largest absolute Gasteiger partial charge is 0.375 e. The Morgan fingerprint density at radius 3 is 2.22 bits per heavy atom. The molecular weight excluding hydrogens is 222 g/mol. The molecule has 0 aromatic carbocycles. The topological polar surface area (TPSA) is 18.5 Å². The third-order valence-electron chi connectivity index (χ3n) is 5.42. The molecule has 3 heterocycles. The van der Waals surface area contributed by atoms with E-state index in [9.17, 15) is 0 Å². The molecule has 3 heteroatoms. The normalized spacial score (nSPS) is 29.3. The van der Waals surface area contributed by atoms with Gasteiger partial charge >= 0.3 is 0 Å². The van der Waals surface area contributed by atoms with Crippen LogP contribution >= 0.6 is 0 Å². The predicted octanol–water partition coefficient (Wildman–Crippen LogP) is 1.53. The molecule has 18 heavy (non-hydrogen) atoms. The average Bonchev–Trinajstić information content (AvgIpc) is 2.37. The molecule has 3 aliphatic heterocycles. The van der Waals surface area contributed by atoms with Crippen LogP contribution in [0.1, 0.15) is 25.7 Å². The summed E-state index contributed by atoms with van der Waals surface area (Å²) in [7, 11) is 2.23. The van der Waals surface area contributed by atoms with Crippen molar-refractivity contribution in [3.8, 4) is 0 Å². The lowest BCUT2D eigenvalue weighted by atomic mass is 9.73. The van der Waals surface area contributed by atoms with Crippen molar-refractivity contribution < 1.29 is 0 Å². The van der Waals surface area contributed by atoms with E-state index >= 15 is 0 Å². The fourth-order valence-corrected chi connectivity index (χ4v) is 3.70. The van der Waals surface area contributed by atoms with Crippen LogP contribution in [0.2, 0.25) is 0 Å². The van der Waals surface area contributed by atoms with E-state index in [1.54, 1.807) is 0 Å². The molecule has 3 rings (SSSR count). The van der Waals surface area contributed by atoms with Gasteiger partial charge in [0.15, 0.2) is 0 Å². The Bertz CT molecular complexity index is 304. The quantitative estimate of drug-likeness (QED) is 0.800. The van der Waals surface area contributed by atoms with Crippen LogP contribution in [0.4, 0.5) is 0 Å². The van der Waals surface area contributed by atoms with Crippen molar-refractivity contribution in [2.75, 3.05) is 46.3 Å². The van der Waals surface area contributed by atoms with Crippen LogP contribution in [0, 0.1) is 11.3 Å². The standard InChI is InChI=1S/C15H27N3/c1-13(14-3-7-17(2)8-4-14)18-9-5-15(6-10-18)11-16-12-15/h14,16H,1,3-12H2,2H3. The first-order valence-corrected chi connectivity index (χ1v) is 7.52. The van der Waals surface area contributed by atoms with Crippen LogP contribution in [0.15, 0.2) is 12.3 Å². The van der Waals surface area contributed by atoms with E-state index < -0.39 is 0 Å². The average molecular weight is 249 g/mol. The van der Waals surface area contributed by atoms with Gasteiger partial charge in [-0.15, -0.1) is 0 Å². The summed E-state index contributed by atoms with van der Waals surface area (Å²) in [5.41, 5.74) is 2.09. The van der Waals surface area contributed by atoms with Gasteiger partial charge in [-0.1, -0.05) is 6.58 Å². The molecule has 1 spiro atoms. The summed E-state index contributed by atoms with van der Waals surface area (Å²) in [5, 5.41) is 3.44. The highest BCUT2D eigenvalue weighted by Crippen LogP contribution is 2.37. The number of likely N-dealkylation sites (tertiary alicyclic amines) is 2. The van der Waals surface area contributed by atoms with Gasteiger partial charge in [0.05, 0.1) is 0 Å². The minimum absolute atomic E-state index is 0.656. The van der Waals surface area contributed by atoms with Crippen molar-refractivity contribution >= 4 is 0 Å². The van der Waals surface area contributed by atoms with Gasteiger partial charge in [-0.2, -0.15) is 0 Å². The lowest BCUT2D eigenvalue weighted by Gasteiger charge is -2.50. The monoisotopic (exact) mass is 249 g/mol. The molecule has 0 atom stereocenters. The van der Waals surface area contributed by atoms with Crippen LogP contribution in [0.25, 0.3) is 0 Å². The zero-order valence-corrected chi connectivity index (χ0v) is 11.7. The van der Waals surface area contributed by atoms with Crippen LogP contribution in [0.3, 0.4) is 0 Å².